The van der Waals surface area contributed by atoms with Crippen molar-refractivity contribution in [2.75, 3.05) is 26.2 Å². The summed E-state index contributed by atoms with van der Waals surface area (Å²) in [5, 5.41) is 5.08. The van der Waals surface area contributed by atoms with Gasteiger partial charge in [-0.25, -0.2) is 13.6 Å². The maximum atomic E-state index is 12.6. The number of hydrogen-bond donors (Lipinski definition) is 1. The standard InChI is InChI=1S/C18H21N3O3S/c19-25(23,24)17-8-6-16(7-9-17)18(22)21-12-10-20(11-13-21)14-15-4-2-1-3-5-15/h1-9H,10-14H2,(H2,19,23,24). The summed E-state index contributed by atoms with van der Waals surface area (Å²) in [4.78, 5) is 16.7. The minimum Gasteiger partial charge on any atom is -0.336 e. The number of rotatable bonds is 4. The van der Waals surface area contributed by atoms with Gasteiger partial charge in [0.25, 0.3) is 5.91 Å². The largest absolute Gasteiger partial charge is 0.336 e. The molecule has 0 atom stereocenters. The molecule has 0 bridgehead atoms. The van der Waals surface area contributed by atoms with E-state index in [-0.39, 0.29) is 10.8 Å². The van der Waals surface area contributed by atoms with Gasteiger partial charge < -0.3 is 4.90 Å². The molecule has 0 unspecified atom stereocenters. The number of nitrogens with two attached hydrogens (primary N) is 1. The molecule has 1 amide bonds. The molecular formula is C18H21N3O3S. The maximum absolute atomic E-state index is 12.6. The smallest absolute Gasteiger partial charge is 0.253 e. The lowest BCUT2D eigenvalue weighted by atomic mass is 10.1. The highest BCUT2D eigenvalue weighted by Gasteiger charge is 2.22. The van der Waals surface area contributed by atoms with Gasteiger partial charge in [-0.15, -0.1) is 0 Å². The van der Waals surface area contributed by atoms with E-state index in [0.29, 0.717) is 18.7 Å². The highest BCUT2D eigenvalue weighted by atomic mass is 32.2. The molecule has 0 radical (unpaired) electrons. The molecule has 2 N–H and O–H groups in total. The van der Waals surface area contributed by atoms with E-state index >= 15 is 0 Å². The average molecular weight is 359 g/mol. The second-order valence-corrected chi connectivity index (χ2v) is 7.68. The summed E-state index contributed by atoms with van der Waals surface area (Å²) in [7, 11) is -3.74. The fourth-order valence-corrected chi connectivity index (χ4v) is 3.44. The second-order valence-electron chi connectivity index (χ2n) is 6.12. The summed E-state index contributed by atoms with van der Waals surface area (Å²) >= 11 is 0. The zero-order chi connectivity index (χ0) is 17.9. The number of sulfonamides is 1. The normalized spacial score (nSPS) is 16.0. The second kappa shape index (κ2) is 7.35. The first-order chi connectivity index (χ1) is 11.9. The lowest BCUT2D eigenvalue weighted by Crippen LogP contribution is -2.48. The van der Waals surface area contributed by atoms with E-state index in [2.05, 4.69) is 17.0 Å². The Morgan fingerprint density at radius 1 is 0.920 bits per heavy atom. The van der Waals surface area contributed by atoms with E-state index < -0.39 is 10.0 Å². The lowest BCUT2D eigenvalue weighted by Gasteiger charge is -2.34. The van der Waals surface area contributed by atoms with Crippen LogP contribution in [0.4, 0.5) is 0 Å². The topological polar surface area (TPSA) is 83.7 Å². The molecule has 0 saturated carbocycles. The number of amides is 1. The Balaban J connectivity index is 1.58. The fourth-order valence-electron chi connectivity index (χ4n) is 2.92. The quantitative estimate of drug-likeness (QED) is 0.892. The lowest BCUT2D eigenvalue weighted by molar-refractivity contribution is 0.0628. The maximum Gasteiger partial charge on any atom is 0.253 e. The van der Waals surface area contributed by atoms with Crippen LogP contribution >= 0.6 is 0 Å². The molecular weight excluding hydrogens is 338 g/mol. The van der Waals surface area contributed by atoms with Crippen LogP contribution in [0.2, 0.25) is 0 Å². The Bertz CT molecular complexity index is 828. The minimum atomic E-state index is -3.74. The van der Waals surface area contributed by atoms with Gasteiger partial charge in [-0.3, -0.25) is 9.69 Å². The first-order valence-corrected chi connectivity index (χ1v) is 9.66. The van der Waals surface area contributed by atoms with Crippen molar-refractivity contribution in [1.82, 2.24) is 9.80 Å². The van der Waals surface area contributed by atoms with E-state index in [1.807, 2.05) is 18.2 Å². The van der Waals surface area contributed by atoms with Gasteiger partial charge in [0.2, 0.25) is 10.0 Å². The number of benzene rings is 2. The van der Waals surface area contributed by atoms with Gasteiger partial charge in [0.05, 0.1) is 4.90 Å². The van der Waals surface area contributed by atoms with E-state index in [4.69, 9.17) is 5.14 Å². The van der Waals surface area contributed by atoms with Crippen LogP contribution in [0.15, 0.2) is 59.5 Å². The number of primary sulfonamides is 1. The summed E-state index contributed by atoms with van der Waals surface area (Å²) in [5.74, 6) is -0.0830. The van der Waals surface area contributed by atoms with Gasteiger partial charge in [-0.1, -0.05) is 30.3 Å². The summed E-state index contributed by atoms with van der Waals surface area (Å²) < 4.78 is 22.6. The predicted molar refractivity (Wildman–Crippen MR) is 95.4 cm³/mol. The van der Waals surface area contributed by atoms with Gasteiger partial charge in [0, 0.05) is 38.3 Å². The van der Waals surface area contributed by atoms with Crippen molar-refractivity contribution in [3.8, 4) is 0 Å². The molecule has 25 heavy (non-hydrogen) atoms. The number of hydrogen-bond acceptors (Lipinski definition) is 4. The van der Waals surface area contributed by atoms with E-state index in [1.54, 1.807) is 4.90 Å². The molecule has 1 fully saturated rings. The first kappa shape index (κ1) is 17.6. The Hall–Kier alpha value is -2.22. The summed E-state index contributed by atoms with van der Waals surface area (Å²) in [6, 6.07) is 16.0. The Kier molecular flexibility index (Phi) is 5.17. The van der Waals surface area contributed by atoms with E-state index in [1.165, 1.54) is 29.8 Å². The number of nitrogens with zero attached hydrogens (tertiary/aromatic N) is 2. The Morgan fingerprint density at radius 3 is 2.08 bits per heavy atom. The highest BCUT2D eigenvalue weighted by molar-refractivity contribution is 7.89. The van der Waals surface area contributed by atoms with Crippen molar-refractivity contribution in [2.24, 2.45) is 5.14 Å². The van der Waals surface area contributed by atoms with Gasteiger partial charge in [0.15, 0.2) is 0 Å². The molecule has 2 aromatic carbocycles. The van der Waals surface area contributed by atoms with Crippen molar-refractivity contribution in [1.29, 1.82) is 0 Å². The zero-order valence-electron chi connectivity index (χ0n) is 13.8. The molecule has 1 aliphatic heterocycles. The van der Waals surface area contributed by atoms with Crippen LogP contribution in [0.25, 0.3) is 0 Å². The molecule has 0 aliphatic carbocycles. The minimum absolute atomic E-state index is 0.0109. The molecule has 0 aromatic heterocycles. The van der Waals surface area contributed by atoms with Gasteiger partial charge >= 0.3 is 0 Å². The van der Waals surface area contributed by atoms with E-state index in [9.17, 15) is 13.2 Å². The third-order valence-corrected chi connectivity index (χ3v) is 5.27. The third-order valence-electron chi connectivity index (χ3n) is 4.34. The molecule has 3 rings (SSSR count). The third kappa shape index (κ3) is 4.45. The molecule has 1 saturated heterocycles. The molecule has 7 heteroatoms. The van der Waals surface area contributed by atoms with Crippen molar-refractivity contribution in [2.45, 2.75) is 11.4 Å². The number of piperazine rings is 1. The SMILES string of the molecule is NS(=O)(=O)c1ccc(C(=O)N2CCN(Cc3ccccc3)CC2)cc1. The first-order valence-electron chi connectivity index (χ1n) is 8.12. The highest BCUT2D eigenvalue weighted by Crippen LogP contribution is 2.14. The number of carbonyl (C=O) groups is 1. The Labute approximate surface area is 147 Å². The fraction of sp³-hybridized carbons (Fsp3) is 0.278. The summed E-state index contributed by atoms with van der Waals surface area (Å²) in [5.41, 5.74) is 1.74. The van der Waals surface area contributed by atoms with Gasteiger partial charge in [-0.2, -0.15) is 0 Å². The molecule has 132 valence electrons. The van der Waals surface area contributed by atoms with Crippen LogP contribution in [0.3, 0.4) is 0 Å². The van der Waals surface area contributed by atoms with Crippen molar-refractivity contribution < 1.29 is 13.2 Å². The zero-order valence-corrected chi connectivity index (χ0v) is 14.7. The summed E-state index contributed by atoms with van der Waals surface area (Å²) in [6.07, 6.45) is 0. The van der Waals surface area contributed by atoms with Crippen LogP contribution < -0.4 is 5.14 Å². The van der Waals surface area contributed by atoms with Crippen LogP contribution in [-0.2, 0) is 16.6 Å². The predicted octanol–water partition coefficient (Wildman–Crippen LogP) is 1.29. The monoisotopic (exact) mass is 359 g/mol. The average Bonchev–Trinajstić information content (AvgIpc) is 2.62. The summed E-state index contributed by atoms with van der Waals surface area (Å²) in [6.45, 7) is 3.82. The van der Waals surface area contributed by atoms with Crippen LogP contribution in [0, 0.1) is 0 Å². The van der Waals surface area contributed by atoms with Crippen molar-refractivity contribution in [3.63, 3.8) is 0 Å². The van der Waals surface area contributed by atoms with Crippen LogP contribution in [-0.4, -0.2) is 50.3 Å². The molecule has 0 spiro atoms. The van der Waals surface area contributed by atoms with Crippen LogP contribution in [0.5, 0.6) is 0 Å². The van der Waals surface area contributed by atoms with Gasteiger partial charge in [0.1, 0.15) is 0 Å². The molecule has 1 aliphatic rings. The van der Waals surface area contributed by atoms with Crippen molar-refractivity contribution >= 4 is 15.9 Å². The van der Waals surface area contributed by atoms with Crippen molar-refractivity contribution in [3.05, 3.63) is 65.7 Å². The molecule has 6 nitrogen and oxygen atoms in total. The van der Waals surface area contributed by atoms with Gasteiger partial charge in [-0.05, 0) is 29.8 Å². The Morgan fingerprint density at radius 2 is 1.52 bits per heavy atom. The molecule has 1 heterocycles. The van der Waals surface area contributed by atoms with Crippen LogP contribution in [0.1, 0.15) is 15.9 Å². The number of carbonyl (C=O) groups excluding carboxylic acids is 1. The molecule has 2 aromatic rings. The van der Waals surface area contributed by atoms with E-state index in [0.717, 1.165) is 19.6 Å².